The summed E-state index contributed by atoms with van der Waals surface area (Å²) in [6.45, 7) is 15.7. The Bertz CT molecular complexity index is 408. The summed E-state index contributed by atoms with van der Waals surface area (Å²) in [7, 11) is 0. The van der Waals surface area contributed by atoms with E-state index in [1.54, 1.807) is 0 Å². The molecule has 114 valence electrons. The second-order valence-corrected chi connectivity index (χ2v) is 7.88. The monoisotopic (exact) mass is 276 g/mol. The molecule has 1 aromatic carbocycles. The highest BCUT2D eigenvalue weighted by Crippen LogP contribution is 2.34. The first kappa shape index (κ1) is 17.2. The van der Waals surface area contributed by atoms with Crippen LogP contribution in [0.15, 0.2) is 24.3 Å². The largest absolute Gasteiger partial charge is 0.388 e. The molecule has 0 fully saturated rings. The maximum atomic E-state index is 10.4. The molecule has 1 heteroatoms. The van der Waals surface area contributed by atoms with E-state index < -0.39 is 0 Å². The van der Waals surface area contributed by atoms with Gasteiger partial charge in [0, 0.05) is 0 Å². The van der Waals surface area contributed by atoms with E-state index in [1.807, 2.05) is 0 Å². The van der Waals surface area contributed by atoms with Crippen molar-refractivity contribution in [2.24, 2.45) is 11.3 Å². The minimum absolute atomic E-state index is 0.210. The van der Waals surface area contributed by atoms with Gasteiger partial charge in [-0.1, -0.05) is 72.7 Å². The number of benzene rings is 1. The Hall–Kier alpha value is -0.820. The van der Waals surface area contributed by atoms with Gasteiger partial charge in [-0.25, -0.2) is 0 Å². The molecule has 0 aromatic heterocycles. The summed E-state index contributed by atoms with van der Waals surface area (Å²) in [5, 5.41) is 10.4. The van der Waals surface area contributed by atoms with Gasteiger partial charge in [-0.3, -0.25) is 0 Å². The van der Waals surface area contributed by atoms with Gasteiger partial charge in [-0.2, -0.15) is 0 Å². The second-order valence-electron chi connectivity index (χ2n) is 7.88. The van der Waals surface area contributed by atoms with Crippen LogP contribution in [0.4, 0.5) is 0 Å². The predicted molar refractivity (Wildman–Crippen MR) is 88.0 cm³/mol. The molecule has 1 N–H and O–H groups in total. The third-order valence-electron chi connectivity index (χ3n) is 5.02. The molecule has 1 aromatic rings. The van der Waals surface area contributed by atoms with Crippen molar-refractivity contribution in [1.82, 2.24) is 0 Å². The summed E-state index contributed by atoms with van der Waals surface area (Å²) in [5.74, 6) is 0.490. The Morgan fingerprint density at radius 1 is 1.00 bits per heavy atom. The molecule has 0 saturated carbocycles. The van der Waals surface area contributed by atoms with Crippen molar-refractivity contribution in [3.05, 3.63) is 35.4 Å². The molecule has 0 aliphatic rings. The van der Waals surface area contributed by atoms with Crippen molar-refractivity contribution >= 4 is 0 Å². The maximum absolute atomic E-state index is 10.4. The molecule has 0 aliphatic heterocycles. The average molecular weight is 276 g/mol. The van der Waals surface area contributed by atoms with E-state index in [0.717, 1.165) is 18.4 Å². The zero-order chi connectivity index (χ0) is 15.6. The summed E-state index contributed by atoms with van der Waals surface area (Å²) in [4.78, 5) is 0. The first-order valence-electron chi connectivity index (χ1n) is 7.86. The fourth-order valence-electron chi connectivity index (χ4n) is 2.19. The van der Waals surface area contributed by atoms with Crippen LogP contribution in [-0.4, -0.2) is 5.11 Å². The highest BCUT2D eigenvalue weighted by molar-refractivity contribution is 5.29. The lowest BCUT2D eigenvalue weighted by atomic mass is 9.77. The highest BCUT2D eigenvalue weighted by atomic mass is 16.3. The molecule has 0 spiro atoms. The van der Waals surface area contributed by atoms with Crippen molar-refractivity contribution in [1.29, 1.82) is 0 Å². The minimum atomic E-state index is -0.358. The van der Waals surface area contributed by atoms with Gasteiger partial charge in [-0.05, 0) is 40.7 Å². The molecule has 2 unspecified atom stereocenters. The van der Waals surface area contributed by atoms with Crippen LogP contribution in [0.3, 0.4) is 0 Å². The van der Waals surface area contributed by atoms with Crippen LogP contribution in [0.5, 0.6) is 0 Å². The van der Waals surface area contributed by atoms with Gasteiger partial charge in [0.2, 0.25) is 0 Å². The molecular formula is C19H32O. The van der Waals surface area contributed by atoms with Crippen molar-refractivity contribution in [2.75, 3.05) is 0 Å². The van der Waals surface area contributed by atoms with Crippen LogP contribution in [0.25, 0.3) is 0 Å². The number of hydrogen-bond donors (Lipinski definition) is 1. The number of hydrogen-bond acceptors (Lipinski definition) is 1. The van der Waals surface area contributed by atoms with E-state index in [4.69, 9.17) is 0 Å². The standard InChI is InChI=1S/C19H32O/c1-8-19(6,7)16-11-9-15(10-12-16)17(20)13-14(2)18(3,4)5/h9-12,14,17,20H,8,13H2,1-7H3. The summed E-state index contributed by atoms with van der Waals surface area (Å²) in [6, 6.07) is 8.52. The third kappa shape index (κ3) is 4.34. The van der Waals surface area contributed by atoms with Crippen molar-refractivity contribution in [3.63, 3.8) is 0 Å². The van der Waals surface area contributed by atoms with Crippen molar-refractivity contribution in [3.8, 4) is 0 Å². The fraction of sp³-hybridized carbons (Fsp3) is 0.684. The number of rotatable bonds is 5. The molecule has 0 aliphatic carbocycles. The van der Waals surface area contributed by atoms with E-state index in [-0.39, 0.29) is 16.9 Å². The lowest BCUT2D eigenvalue weighted by Crippen LogP contribution is -2.20. The molecule has 0 saturated heterocycles. The number of aliphatic hydroxyl groups is 1. The zero-order valence-electron chi connectivity index (χ0n) is 14.3. The molecule has 2 atom stereocenters. The Balaban J connectivity index is 2.79. The van der Waals surface area contributed by atoms with Crippen LogP contribution in [0, 0.1) is 11.3 Å². The first-order chi connectivity index (χ1) is 9.08. The minimum Gasteiger partial charge on any atom is -0.388 e. The molecule has 1 nitrogen and oxygen atoms in total. The van der Waals surface area contributed by atoms with Crippen LogP contribution in [0.2, 0.25) is 0 Å². The van der Waals surface area contributed by atoms with Gasteiger partial charge in [0.05, 0.1) is 6.10 Å². The summed E-state index contributed by atoms with van der Waals surface area (Å²) >= 11 is 0. The predicted octanol–water partition coefficient (Wildman–Crippen LogP) is 5.48. The Morgan fingerprint density at radius 2 is 1.50 bits per heavy atom. The van der Waals surface area contributed by atoms with Gasteiger partial charge < -0.3 is 5.11 Å². The van der Waals surface area contributed by atoms with E-state index in [9.17, 15) is 5.11 Å². The molecule has 0 radical (unpaired) electrons. The van der Waals surface area contributed by atoms with Gasteiger partial charge in [-0.15, -0.1) is 0 Å². The normalized spacial score (nSPS) is 16.0. The maximum Gasteiger partial charge on any atom is 0.0792 e. The van der Waals surface area contributed by atoms with Gasteiger partial charge in [0.1, 0.15) is 0 Å². The Kier molecular flexibility index (Phi) is 5.43. The lowest BCUT2D eigenvalue weighted by Gasteiger charge is -2.29. The third-order valence-corrected chi connectivity index (χ3v) is 5.02. The van der Waals surface area contributed by atoms with Gasteiger partial charge in [0.15, 0.2) is 0 Å². The van der Waals surface area contributed by atoms with Crippen LogP contribution in [-0.2, 0) is 5.41 Å². The Morgan fingerprint density at radius 3 is 1.90 bits per heavy atom. The van der Waals surface area contributed by atoms with Crippen LogP contribution >= 0.6 is 0 Å². The summed E-state index contributed by atoms with van der Waals surface area (Å²) in [5.41, 5.74) is 2.84. The van der Waals surface area contributed by atoms with E-state index >= 15 is 0 Å². The lowest BCUT2D eigenvalue weighted by molar-refractivity contribution is 0.111. The van der Waals surface area contributed by atoms with Gasteiger partial charge in [0.25, 0.3) is 0 Å². The smallest absolute Gasteiger partial charge is 0.0792 e. The average Bonchev–Trinajstić information content (AvgIpc) is 2.37. The molecule has 0 amide bonds. The van der Waals surface area contributed by atoms with E-state index in [2.05, 4.69) is 72.7 Å². The first-order valence-corrected chi connectivity index (χ1v) is 7.86. The van der Waals surface area contributed by atoms with Crippen molar-refractivity contribution in [2.45, 2.75) is 72.8 Å². The highest BCUT2D eigenvalue weighted by Gasteiger charge is 2.24. The molecular weight excluding hydrogens is 244 g/mol. The van der Waals surface area contributed by atoms with Gasteiger partial charge >= 0.3 is 0 Å². The topological polar surface area (TPSA) is 20.2 Å². The van der Waals surface area contributed by atoms with Crippen molar-refractivity contribution < 1.29 is 5.11 Å². The summed E-state index contributed by atoms with van der Waals surface area (Å²) < 4.78 is 0. The molecule has 1 rings (SSSR count). The molecule has 0 bridgehead atoms. The van der Waals surface area contributed by atoms with Crippen LogP contribution in [0.1, 0.15) is 78.5 Å². The summed E-state index contributed by atoms with van der Waals surface area (Å²) in [6.07, 6.45) is 1.58. The van der Waals surface area contributed by atoms with E-state index in [1.165, 1.54) is 5.56 Å². The zero-order valence-corrected chi connectivity index (χ0v) is 14.3. The Labute approximate surface area is 125 Å². The quantitative estimate of drug-likeness (QED) is 0.755. The number of aliphatic hydroxyl groups excluding tert-OH is 1. The SMILES string of the molecule is CCC(C)(C)c1ccc(C(O)CC(C)C(C)(C)C)cc1. The fourth-order valence-corrected chi connectivity index (χ4v) is 2.19. The molecule has 20 heavy (non-hydrogen) atoms. The van der Waals surface area contributed by atoms with E-state index in [0.29, 0.717) is 5.92 Å². The molecule has 0 heterocycles. The second kappa shape index (κ2) is 6.30. The van der Waals surface area contributed by atoms with Crippen LogP contribution < -0.4 is 0 Å².